The van der Waals surface area contributed by atoms with Crippen LogP contribution in [-0.4, -0.2) is 30.9 Å². The molecule has 0 bridgehead atoms. The molecular formula is C13H24O3Si. The molecule has 0 rings (SSSR count). The number of rotatable bonds is 2. The van der Waals surface area contributed by atoms with E-state index in [4.69, 9.17) is 4.74 Å². The molecule has 0 saturated heterocycles. The smallest absolute Gasteiger partial charge is 0.312 e. The van der Waals surface area contributed by atoms with Gasteiger partial charge in [-0.15, -0.1) is 5.54 Å². The number of aliphatic hydroxyl groups excluding tert-OH is 1. The van der Waals surface area contributed by atoms with Crippen molar-refractivity contribution in [3.63, 3.8) is 0 Å². The molecule has 0 amide bonds. The highest BCUT2D eigenvalue weighted by Gasteiger charge is 2.26. The first-order valence-corrected chi connectivity index (χ1v) is 9.36. The Balaban J connectivity index is 4.55. The lowest BCUT2D eigenvalue weighted by Gasteiger charge is -2.23. The van der Waals surface area contributed by atoms with Crippen LogP contribution in [0, 0.1) is 17.4 Å². The van der Waals surface area contributed by atoms with E-state index in [0.29, 0.717) is 0 Å². The third-order valence-electron chi connectivity index (χ3n) is 1.85. The molecule has 0 aromatic carbocycles. The van der Waals surface area contributed by atoms with Crippen molar-refractivity contribution in [1.29, 1.82) is 0 Å². The second-order valence-corrected chi connectivity index (χ2v) is 11.0. The predicted molar refractivity (Wildman–Crippen MR) is 72.1 cm³/mol. The van der Waals surface area contributed by atoms with Crippen molar-refractivity contribution in [1.82, 2.24) is 0 Å². The Morgan fingerprint density at radius 1 is 1.29 bits per heavy atom. The fourth-order valence-electron chi connectivity index (χ4n) is 0.939. The van der Waals surface area contributed by atoms with Gasteiger partial charge >= 0.3 is 5.97 Å². The molecule has 2 atom stereocenters. The third kappa shape index (κ3) is 8.00. The zero-order valence-electron chi connectivity index (χ0n) is 11.9. The Bertz CT molecular complexity index is 325. The van der Waals surface area contributed by atoms with Gasteiger partial charge in [0.15, 0.2) is 0 Å². The van der Waals surface area contributed by atoms with Crippen LogP contribution in [0.3, 0.4) is 0 Å². The predicted octanol–water partition coefficient (Wildman–Crippen LogP) is 2.21. The lowest BCUT2D eigenvalue weighted by Crippen LogP contribution is -2.33. The molecule has 17 heavy (non-hydrogen) atoms. The number of hydrogen-bond donors (Lipinski definition) is 1. The Morgan fingerprint density at radius 3 is 2.12 bits per heavy atom. The van der Waals surface area contributed by atoms with E-state index in [9.17, 15) is 9.90 Å². The van der Waals surface area contributed by atoms with E-state index in [2.05, 4.69) is 31.1 Å². The number of esters is 1. The maximum atomic E-state index is 11.7. The van der Waals surface area contributed by atoms with Gasteiger partial charge in [-0.3, -0.25) is 4.79 Å². The molecule has 0 aromatic heterocycles. The van der Waals surface area contributed by atoms with Crippen LogP contribution < -0.4 is 0 Å². The SMILES string of the molecule is C[C@H](C(=O)OC(C)(C)C)[C@H](O)C#C[Si](C)(C)C. The lowest BCUT2D eigenvalue weighted by molar-refractivity contribution is -0.161. The van der Waals surface area contributed by atoms with E-state index in [1.165, 1.54) is 0 Å². The highest BCUT2D eigenvalue weighted by atomic mass is 28.3. The standard InChI is InChI=1S/C13H24O3Si/c1-10(12(15)16-13(2,3)4)11(14)8-9-17(5,6)7/h10-11,14H,1-7H3/t10-,11+/m0/s1. The second kappa shape index (κ2) is 5.70. The minimum Gasteiger partial charge on any atom is -0.460 e. The molecule has 0 aliphatic carbocycles. The van der Waals surface area contributed by atoms with Gasteiger partial charge < -0.3 is 9.84 Å². The molecule has 0 saturated carbocycles. The quantitative estimate of drug-likeness (QED) is 0.468. The van der Waals surface area contributed by atoms with Crippen molar-refractivity contribution < 1.29 is 14.6 Å². The summed E-state index contributed by atoms with van der Waals surface area (Å²) >= 11 is 0. The molecule has 98 valence electrons. The summed E-state index contributed by atoms with van der Waals surface area (Å²) in [6.07, 6.45) is -0.948. The van der Waals surface area contributed by atoms with E-state index in [-0.39, 0.29) is 0 Å². The molecule has 3 nitrogen and oxygen atoms in total. The van der Waals surface area contributed by atoms with E-state index in [1.807, 2.05) is 0 Å². The summed E-state index contributed by atoms with van der Waals surface area (Å²) in [5.41, 5.74) is 2.52. The lowest BCUT2D eigenvalue weighted by atomic mass is 10.1. The number of aliphatic hydroxyl groups is 1. The van der Waals surface area contributed by atoms with Crippen molar-refractivity contribution in [3.05, 3.63) is 0 Å². The van der Waals surface area contributed by atoms with Crippen LogP contribution in [0.5, 0.6) is 0 Å². The van der Waals surface area contributed by atoms with Crippen molar-refractivity contribution in [2.75, 3.05) is 0 Å². The Labute approximate surface area is 106 Å². The highest BCUT2D eigenvalue weighted by Crippen LogP contribution is 2.13. The molecule has 0 heterocycles. The number of carbonyl (C=O) groups excluding carboxylic acids is 1. The second-order valence-electron chi connectivity index (χ2n) is 6.29. The van der Waals surface area contributed by atoms with Gasteiger partial charge in [-0.25, -0.2) is 0 Å². The monoisotopic (exact) mass is 256 g/mol. The van der Waals surface area contributed by atoms with Crippen LogP contribution in [0.15, 0.2) is 0 Å². The largest absolute Gasteiger partial charge is 0.460 e. The van der Waals surface area contributed by atoms with E-state index >= 15 is 0 Å². The van der Waals surface area contributed by atoms with Gasteiger partial charge in [0.2, 0.25) is 0 Å². The molecule has 0 unspecified atom stereocenters. The third-order valence-corrected chi connectivity index (χ3v) is 2.74. The van der Waals surface area contributed by atoms with Crippen LogP contribution in [0.4, 0.5) is 0 Å². The van der Waals surface area contributed by atoms with Gasteiger partial charge in [0, 0.05) is 0 Å². The minimum absolute atomic E-state index is 0.408. The van der Waals surface area contributed by atoms with Gasteiger partial charge in [-0.2, -0.15) is 0 Å². The van der Waals surface area contributed by atoms with Crippen LogP contribution >= 0.6 is 0 Å². The summed E-state index contributed by atoms with van der Waals surface area (Å²) in [5.74, 6) is 1.74. The van der Waals surface area contributed by atoms with Gasteiger partial charge in [-0.05, 0) is 27.7 Å². The number of carbonyl (C=O) groups is 1. The zero-order valence-corrected chi connectivity index (χ0v) is 12.9. The van der Waals surface area contributed by atoms with Crippen molar-refractivity contribution in [2.24, 2.45) is 5.92 Å². The van der Waals surface area contributed by atoms with E-state index < -0.39 is 31.7 Å². The van der Waals surface area contributed by atoms with Crippen LogP contribution in [0.25, 0.3) is 0 Å². The zero-order chi connectivity index (χ0) is 13.9. The molecule has 0 fully saturated rings. The normalized spacial score (nSPS) is 15.5. The fourth-order valence-corrected chi connectivity index (χ4v) is 1.52. The summed E-state index contributed by atoms with van der Waals surface area (Å²) in [5, 5.41) is 9.80. The summed E-state index contributed by atoms with van der Waals surface area (Å²) in [7, 11) is -1.52. The highest BCUT2D eigenvalue weighted by molar-refractivity contribution is 6.83. The molecule has 4 heteroatoms. The van der Waals surface area contributed by atoms with Crippen molar-refractivity contribution >= 4 is 14.0 Å². The minimum atomic E-state index is -1.52. The number of hydrogen-bond acceptors (Lipinski definition) is 3. The Kier molecular flexibility index (Phi) is 5.43. The molecule has 0 aliphatic rings. The molecular weight excluding hydrogens is 232 g/mol. The van der Waals surface area contributed by atoms with Gasteiger partial charge in [0.05, 0.1) is 5.92 Å². The maximum Gasteiger partial charge on any atom is 0.312 e. The fraction of sp³-hybridized carbons (Fsp3) is 0.769. The molecule has 0 aromatic rings. The van der Waals surface area contributed by atoms with Gasteiger partial charge in [0.25, 0.3) is 0 Å². The van der Waals surface area contributed by atoms with Crippen molar-refractivity contribution in [3.8, 4) is 11.5 Å². The average molecular weight is 256 g/mol. The molecule has 1 N–H and O–H groups in total. The summed E-state index contributed by atoms with van der Waals surface area (Å²) in [6.45, 7) is 13.3. The van der Waals surface area contributed by atoms with Crippen molar-refractivity contribution in [2.45, 2.75) is 59.0 Å². The Morgan fingerprint density at radius 2 is 1.76 bits per heavy atom. The first-order chi connectivity index (χ1) is 7.42. The average Bonchev–Trinajstić information content (AvgIpc) is 2.08. The first kappa shape index (κ1) is 16.2. The maximum absolute atomic E-state index is 11.7. The van der Waals surface area contributed by atoms with Crippen LogP contribution in [-0.2, 0) is 9.53 Å². The van der Waals surface area contributed by atoms with Gasteiger partial charge in [-0.1, -0.05) is 25.6 Å². The molecule has 0 radical (unpaired) electrons. The van der Waals surface area contributed by atoms with E-state index in [0.717, 1.165) is 0 Å². The van der Waals surface area contributed by atoms with Gasteiger partial charge in [0.1, 0.15) is 19.8 Å². The van der Waals surface area contributed by atoms with Crippen LogP contribution in [0.1, 0.15) is 27.7 Å². The molecule has 0 aliphatic heterocycles. The summed E-state index contributed by atoms with van der Waals surface area (Å²) < 4.78 is 5.20. The van der Waals surface area contributed by atoms with Crippen LogP contribution in [0.2, 0.25) is 19.6 Å². The summed E-state index contributed by atoms with van der Waals surface area (Å²) in [4.78, 5) is 11.7. The molecule has 0 spiro atoms. The first-order valence-electron chi connectivity index (χ1n) is 5.86. The topological polar surface area (TPSA) is 46.5 Å². The Hall–Kier alpha value is -0.793. The van der Waals surface area contributed by atoms with E-state index in [1.54, 1.807) is 27.7 Å². The number of ether oxygens (including phenoxy) is 1. The summed E-state index contributed by atoms with van der Waals surface area (Å²) in [6, 6.07) is 0.